The van der Waals surface area contributed by atoms with Crippen LogP contribution < -0.4 is 5.32 Å². The van der Waals surface area contributed by atoms with Crippen molar-refractivity contribution in [2.24, 2.45) is 10.8 Å². The van der Waals surface area contributed by atoms with Crippen LogP contribution >= 0.6 is 0 Å². The summed E-state index contributed by atoms with van der Waals surface area (Å²) >= 11 is 0. The lowest BCUT2D eigenvalue weighted by atomic mass is 9.65. The smallest absolute Gasteiger partial charge is 0.239 e. The molecule has 3 fully saturated rings. The summed E-state index contributed by atoms with van der Waals surface area (Å²) < 4.78 is 0. The predicted molar refractivity (Wildman–Crippen MR) is 81.5 cm³/mol. The predicted octanol–water partition coefficient (Wildman–Crippen LogP) is 2.95. The second kappa shape index (κ2) is 5.01. The van der Waals surface area contributed by atoms with E-state index in [4.69, 9.17) is 0 Å². The van der Waals surface area contributed by atoms with Gasteiger partial charge < -0.3 is 10.2 Å². The molecule has 1 saturated carbocycles. The number of nitrogens with zero attached hydrogens (tertiary/aromatic N) is 1. The normalized spacial score (nSPS) is 40.5. The Bertz CT molecular complexity index is 384. The van der Waals surface area contributed by atoms with Crippen molar-refractivity contribution in [1.29, 1.82) is 0 Å². The van der Waals surface area contributed by atoms with Crippen LogP contribution in [0, 0.1) is 10.8 Å². The van der Waals surface area contributed by atoms with E-state index in [1.165, 1.54) is 38.5 Å². The number of amides is 1. The quantitative estimate of drug-likeness (QED) is 0.800. The largest absolute Gasteiger partial charge is 0.338 e. The molecule has 3 nitrogen and oxygen atoms in total. The van der Waals surface area contributed by atoms with E-state index in [1.54, 1.807) is 0 Å². The van der Waals surface area contributed by atoms with Gasteiger partial charge in [0.2, 0.25) is 5.91 Å². The Morgan fingerprint density at radius 3 is 2.75 bits per heavy atom. The Morgan fingerprint density at radius 2 is 1.95 bits per heavy atom. The van der Waals surface area contributed by atoms with E-state index >= 15 is 0 Å². The number of nitrogens with one attached hydrogen (secondary N) is 1. The van der Waals surface area contributed by atoms with Crippen molar-refractivity contribution in [1.82, 2.24) is 10.2 Å². The number of carbonyl (C=O) groups excluding carboxylic acids is 1. The molecule has 0 radical (unpaired) electrons. The Kier molecular flexibility index (Phi) is 3.60. The molecule has 1 amide bonds. The van der Waals surface area contributed by atoms with Crippen molar-refractivity contribution in [3.63, 3.8) is 0 Å². The second-order valence-corrected chi connectivity index (χ2v) is 8.54. The molecule has 3 unspecified atom stereocenters. The molecule has 3 rings (SSSR count). The number of fused-ring (bicyclic) bond motifs is 2. The fourth-order valence-corrected chi connectivity index (χ4v) is 5.16. The van der Waals surface area contributed by atoms with Crippen LogP contribution in [0.5, 0.6) is 0 Å². The minimum absolute atomic E-state index is 0.0866. The molecule has 1 aliphatic carbocycles. The summed E-state index contributed by atoms with van der Waals surface area (Å²) in [6.45, 7) is 9.12. The third-order valence-electron chi connectivity index (χ3n) is 5.56. The van der Waals surface area contributed by atoms with E-state index < -0.39 is 0 Å². The molecule has 3 heteroatoms. The van der Waals surface area contributed by atoms with Gasteiger partial charge in [-0.05, 0) is 49.5 Å². The zero-order chi connectivity index (χ0) is 14.4. The summed E-state index contributed by atoms with van der Waals surface area (Å²) in [5.74, 6) is 0.387. The molecule has 2 heterocycles. The van der Waals surface area contributed by atoms with Crippen molar-refractivity contribution in [3.8, 4) is 0 Å². The molecular weight excluding hydrogens is 248 g/mol. The SMILES string of the molecule is CC1(C)CC2CC(C)(CN2C(=O)C2CCCCCN2)C1. The van der Waals surface area contributed by atoms with E-state index in [9.17, 15) is 4.79 Å². The average Bonchev–Trinajstić information content (AvgIpc) is 2.56. The number of hydrogen-bond donors (Lipinski definition) is 1. The van der Waals surface area contributed by atoms with Gasteiger partial charge in [0.15, 0.2) is 0 Å². The first kappa shape index (κ1) is 14.4. The topological polar surface area (TPSA) is 32.3 Å². The summed E-state index contributed by atoms with van der Waals surface area (Å²) in [7, 11) is 0. The van der Waals surface area contributed by atoms with Gasteiger partial charge in [-0.1, -0.05) is 33.6 Å². The molecule has 2 bridgehead atoms. The van der Waals surface area contributed by atoms with Gasteiger partial charge >= 0.3 is 0 Å². The summed E-state index contributed by atoms with van der Waals surface area (Å²) in [5, 5.41) is 3.48. The standard InChI is InChI=1S/C17H30N2O/c1-16(2)9-13-10-17(3,11-16)12-19(13)15(20)14-7-5-4-6-8-18-14/h13-14,18H,4-12H2,1-3H3. The van der Waals surface area contributed by atoms with Gasteiger partial charge in [0.05, 0.1) is 6.04 Å². The zero-order valence-electron chi connectivity index (χ0n) is 13.4. The minimum Gasteiger partial charge on any atom is -0.338 e. The van der Waals surface area contributed by atoms with E-state index in [0.717, 1.165) is 19.5 Å². The van der Waals surface area contributed by atoms with Crippen molar-refractivity contribution >= 4 is 5.91 Å². The van der Waals surface area contributed by atoms with Crippen LogP contribution in [0.3, 0.4) is 0 Å². The fraction of sp³-hybridized carbons (Fsp3) is 0.941. The Labute approximate surface area is 123 Å². The van der Waals surface area contributed by atoms with Gasteiger partial charge in [-0.25, -0.2) is 0 Å². The maximum absolute atomic E-state index is 12.9. The van der Waals surface area contributed by atoms with Gasteiger partial charge in [0, 0.05) is 12.6 Å². The van der Waals surface area contributed by atoms with Crippen LogP contribution in [0.4, 0.5) is 0 Å². The molecule has 0 aromatic rings. The van der Waals surface area contributed by atoms with Crippen LogP contribution in [0.15, 0.2) is 0 Å². The molecule has 3 aliphatic rings. The first-order valence-corrected chi connectivity index (χ1v) is 8.43. The van der Waals surface area contributed by atoms with E-state index in [-0.39, 0.29) is 6.04 Å². The van der Waals surface area contributed by atoms with Gasteiger partial charge in [-0.15, -0.1) is 0 Å². The molecule has 2 saturated heterocycles. The summed E-state index contributed by atoms with van der Waals surface area (Å²) in [6, 6.07) is 0.574. The first-order valence-electron chi connectivity index (χ1n) is 8.43. The number of rotatable bonds is 1. The highest BCUT2D eigenvalue weighted by Crippen LogP contribution is 2.52. The summed E-state index contributed by atoms with van der Waals surface area (Å²) in [6.07, 6.45) is 8.38. The van der Waals surface area contributed by atoms with Crippen molar-refractivity contribution in [2.45, 2.75) is 77.8 Å². The van der Waals surface area contributed by atoms with Crippen molar-refractivity contribution in [3.05, 3.63) is 0 Å². The lowest BCUT2D eigenvalue weighted by Crippen LogP contribution is -2.48. The molecule has 114 valence electrons. The van der Waals surface area contributed by atoms with Gasteiger partial charge in [0.25, 0.3) is 0 Å². The van der Waals surface area contributed by atoms with Gasteiger partial charge in [-0.2, -0.15) is 0 Å². The maximum atomic E-state index is 12.9. The average molecular weight is 278 g/mol. The second-order valence-electron chi connectivity index (χ2n) is 8.54. The van der Waals surface area contributed by atoms with E-state index in [1.807, 2.05) is 0 Å². The Morgan fingerprint density at radius 1 is 1.15 bits per heavy atom. The molecule has 0 aromatic carbocycles. The Hall–Kier alpha value is -0.570. The molecular formula is C17H30N2O. The van der Waals surface area contributed by atoms with Crippen LogP contribution in [0.2, 0.25) is 0 Å². The Balaban J connectivity index is 1.73. The maximum Gasteiger partial charge on any atom is 0.239 e. The van der Waals surface area contributed by atoms with Gasteiger partial charge in [0.1, 0.15) is 0 Å². The molecule has 1 N–H and O–H groups in total. The molecule has 0 spiro atoms. The van der Waals surface area contributed by atoms with Crippen LogP contribution in [-0.2, 0) is 4.79 Å². The third kappa shape index (κ3) is 2.74. The summed E-state index contributed by atoms with van der Waals surface area (Å²) in [4.78, 5) is 15.1. The van der Waals surface area contributed by atoms with Crippen molar-refractivity contribution < 1.29 is 4.79 Å². The minimum atomic E-state index is 0.0866. The molecule has 2 aliphatic heterocycles. The lowest BCUT2D eigenvalue weighted by Gasteiger charge is -2.39. The third-order valence-corrected chi connectivity index (χ3v) is 5.56. The van der Waals surface area contributed by atoms with E-state index in [2.05, 4.69) is 31.0 Å². The first-order chi connectivity index (χ1) is 9.39. The van der Waals surface area contributed by atoms with Gasteiger partial charge in [-0.3, -0.25) is 4.79 Å². The number of carbonyl (C=O) groups is 1. The highest BCUT2D eigenvalue weighted by atomic mass is 16.2. The van der Waals surface area contributed by atoms with Crippen LogP contribution in [0.25, 0.3) is 0 Å². The van der Waals surface area contributed by atoms with Crippen molar-refractivity contribution in [2.75, 3.05) is 13.1 Å². The number of hydrogen-bond acceptors (Lipinski definition) is 2. The van der Waals surface area contributed by atoms with E-state index in [0.29, 0.717) is 22.8 Å². The fourth-order valence-electron chi connectivity index (χ4n) is 5.16. The molecule has 20 heavy (non-hydrogen) atoms. The van der Waals surface area contributed by atoms with Crippen LogP contribution in [0.1, 0.15) is 65.7 Å². The monoisotopic (exact) mass is 278 g/mol. The highest BCUT2D eigenvalue weighted by Gasteiger charge is 2.51. The molecule has 3 atom stereocenters. The zero-order valence-corrected chi connectivity index (χ0v) is 13.4. The highest BCUT2D eigenvalue weighted by molar-refractivity contribution is 5.82. The lowest BCUT2D eigenvalue weighted by molar-refractivity contribution is -0.134. The van der Waals surface area contributed by atoms with Crippen LogP contribution in [-0.4, -0.2) is 36.0 Å². The summed E-state index contributed by atoms with van der Waals surface area (Å²) in [5.41, 5.74) is 0.746. The molecule has 0 aromatic heterocycles. The number of likely N-dealkylation sites (tertiary alicyclic amines) is 1.